The Labute approximate surface area is 167 Å². The highest BCUT2D eigenvalue weighted by Gasteiger charge is 2.27. The second-order valence-electron chi connectivity index (χ2n) is 6.89. The van der Waals surface area contributed by atoms with Gasteiger partial charge < -0.3 is 14.8 Å². The summed E-state index contributed by atoms with van der Waals surface area (Å²) in [5.41, 5.74) is 4.40. The Balaban J connectivity index is 1.83. The summed E-state index contributed by atoms with van der Waals surface area (Å²) in [4.78, 5) is 25.6. The van der Waals surface area contributed by atoms with Gasteiger partial charge in [-0.1, -0.05) is 17.7 Å². The molecule has 1 aliphatic heterocycles. The van der Waals surface area contributed by atoms with E-state index in [1.165, 1.54) is 18.9 Å². The van der Waals surface area contributed by atoms with Crippen LogP contribution in [-0.4, -0.2) is 29.9 Å². The fourth-order valence-corrected chi connectivity index (χ4v) is 3.41. The quantitative estimate of drug-likeness (QED) is 0.669. The van der Waals surface area contributed by atoms with Crippen LogP contribution in [0.3, 0.4) is 0 Å². The first kappa shape index (κ1) is 18.6. The van der Waals surface area contributed by atoms with E-state index in [9.17, 15) is 9.59 Å². The van der Waals surface area contributed by atoms with E-state index >= 15 is 0 Å². The number of methoxy groups -OCH3 is 2. The number of H-pyrrole nitrogens is 1. The van der Waals surface area contributed by atoms with Gasteiger partial charge >= 0.3 is 0 Å². The number of aromatic amines is 1. The maximum atomic E-state index is 13.0. The van der Waals surface area contributed by atoms with Gasteiger partial charge in [0.1, 0.15) is 0 Å². The van der Waals surface area contributed by atoms with E-state index in [-0.39, 0.29) is 11.5 Å². The van der Waals surface area contributed by atoms with Crippen molar-refractivity contribution in [1.82, 2.24) is 9.78 Å². The lowest BCUT2D eigenvalue weighted by Crippen LogP contribution is -2.16. The lowest BCUT2D eigenvalue weighted by molar-refractivity contribution is -0.110. The van der Waals surface area contributed by atoms with E-state index < -0.39 is 0 Å². The molecule has 0 bridgehead atoms. The molecule has 1 aromatic heterocycles. The largest absolute Gasteiger partial charge is 0.493 e. The number of aromatic nitrogens is 2. The van der Waals surface area contributed by atoms with Crippen LogP contribution in [0.1, 0.15) is 22.4 Å². The van der Waals surface area contributed by atoms with Crippen LogP contribution in [0.25, 0.3) is 17.3 Å². The monoisotopic (exact) mass is 391 g/mol. The Bertz CT molecular complexity index is 1200. The minimum absolute atomic E-state index is 0.222. The van der Waals surface area contributed by atoms with Crippen LogP contribution in [0.5, 0.6) is 11.5 Å². The third-order valence-electron chi connectivity index (χ3n) is 5.00. The van der Waals surface area contributed by atoms with E-state index in [0.29, 0.717) is 39.6 Å². The molecule has 0 saturated heterocycles. The van der Waals surface area contributed by atoms with Crippen molar-refractivity contribution in [2.75, 3.05) is 19.5 Å². The Morgan fingerprint density at radius 2 is 1.62 bits per heavy atom. The number of anilines is 1. The molecule has 0 radical (unpaired) electrons. The van der Waals surface area contributed by atoms with Crippen LogP contribution in [0, 0.1) is 13.8 Å². The minimum Gasteiger partial charge on any atom is -0.493 e. The average Bonchev–Trinajstić information content (AvgIpc) is 3.17. The van der Waals surface area contributed by atoms with Crippen molar-refractivity contribution < 1.29 is 14.3 Å². The predicted octanol–water partition coefficient (Wildman–Crippen LogP) is 3.29. The van der Waals surface area contributed by atoms with E-state index in [1.807, 2.05) is 31.2 Å². The van der Waals surface area contributed by atoms with Gasteiger partial charge in [-0.05, 0) is 38.1 Å². The third kappa shape index (κ3) is 3.10. The predicted molar refractivity (Wildman–Crippen MR) is 112 cm³/mol. The minimum atomic E-state index is -0.280. The van der Waals surface area contributed by atoms with Crippen LogP contribution >= 0.6 is 0 Å². The van der Waals surface area contributed by atoms with E-state index in [1.54, 1.807) is 25.1 Å². The molecule has 1 aliphatic rings. The highest BCUT2D eigenvalue weighted by Crippen LogP contribution is 2.41. The van der Waals surface area contributed by atoms with Crippen LogP contribution in [-0.2, 0) is 4.79 Å². The second kappa shape index (κ2) is 7.01. The number of nitrogens with one attached hydrogen (secondary N) is 2. The van der Waals surface area contributed by atoms with Gasteiger partial charge in [-0.15, -0.1) is 0 Å². The summed E-state index contributed by atoms with van der Waals surface area (Å²) in [6.07, 6.45) is 1.62. The summed E-state index contributed by atoms with van der Waals surface area (Å²) in [6.45, 7) is 3.79. The molecule has 0 spiro atoms. The van der Waals surface area contributed by atoms with Crippen molar-refractivity contribution in [2.45, 2.75) is 13.8 Å². The van der Waals surface area contributed by atoms with Crippen molar-refractivity contribution >= 4 is 23.2 Å². The molecule has 2 aromatic carbocycles. The molecular weight excluding hydrogens is 370 g/mol. The number of benzene rings is 2. The molecule has 0 atom stereocenters. The van der Waals surface area contributed by atoms with Gasteiger partial charge in [-0.2, -0.15) is 0 Å². The smallest absolute Gasteiger partial charge is 0.278 e. The lowest BCUT2D eigenvalue weighted by atomic mass is 10.0. The van der Waals surface area contributed by atoms with Gasteiger partial charge in [0.25, 0.3) is 11.5 Å². The molecular formula is C22H21N3O4. The molecule has 7 heteroatoms. The van der Waals surface area contributed by atoms with Crippen molar-refractivity contribution in [2.24, 2.45) is 0 Å². The van der Waals surface area contributed by atoms with Crippen LogP contribution in [0.15, 0.2) is 41.2 Å². The number of hydrogen-bond donors (Lipinski definition) is 2. The Morgan fingerprint density at radius 1 is 0.966 bits per heavy atom. The van der Waals surface area contributed by atoms with Crippen LogP contribution in [0.4, 0.5) is 5.69 Å². The molecule has 2 heterocycles. The first-order chi connectivity index (χ1) is 13.9. The number of hydrogen-bond acceptors (Lipinski definition) is 4. The Kier molecular flexibility index (Phi) is 4.50. The molecule has 7 nitrogen and oxygen atoms in total. The normalized spacial score (nSPS) is 14.1. The topological polar surface area (TPSA) is 85.3 Å². The molecule has 1 amide bonds. The highest BCUT2D eigenvalue weighted by atomic mass is 16.5. The van der Waals surface area contributed by atoms with Gasteiger partial charge in [-0.3, -0.25) is 14.7 Å². The number of nitrogens with zero attached hydrogens (tertiary/aromatic N) is 1. The summed E-state index contributed by atoms with van der Waals surface area (Å²) in [7, 11) is 3.07. The number of rotatable bonds is 4. The number of aryl methyl sites for hydroxylation is 2. The second-order valence-corrected chi connectivity index (χ2v) is 6.89. The van der Waals surface area contributed by atoms with Crippen LogP contribution in [0.2, 0.25) is 0 Å². The van der Waals surface area contributed by atoms with Crippen molar-refractivity contribution in [3.63, 3.8) is 0 Å². The first-order valence-electron chi connectivity index (χ1n) is 9.11. The number of fused-ring (bicyclic) bond motifs is 1. The van der Waals surface area contributed by atoms with Gasteiger partial charge in [-0.25, -0.2) is 4.68 Å². The van der Waals surface area contributed by atoms with Crippen molar-refractivity contribution in [1.29, 1.82) is 0 Å². The van der Waals surface area contributed by atoms with Gasteiger partial charge in [0, 0.05) is 22.9 Å². The zero-order valence-electron chi connectivity index (χ0n) is 16.6. The average molecular weight is 391 g/mol. The van der Waals surface area contributed by atoms with Crippen molar-refractivity contribution in [3.8, 4) is 17.2 Å². The Morgan fingerprint density at radius 3 is 2.28 bits per heavy atom. The fraction of sp³-hybridized carbons (Fsp3) is 0.182. The SMILES string of the molecule is COc1cc2c(cc1OC)/C(=C/c1c(C)[nH]n(-c3ccc(C)cc3)c1=O)C(=O)N2. The summed E-state index contributed by atoms with van der Waals surface area (Å²) in [6, 6.07) is 11.1. The maximum absolute atomic E-state index is 13.0. The Hall–Kier alpha value is -3.74. The summed E-state index contributed by atoms with van der Waals surface area (Å²) in [5.74, 6) is 0.751. The molecule has 0 saturated carbocycles. The molecule has 0 fully saturated rings. The standard InChI is InChI=1S/C22H21N3O4/c1-12-5-7-14(8-6-12)25-22(27)15(13(2)24-25)9-17-16-10-19(28-3)20(29-4)11-18(16)23-21(17)26/h5-11,24H,1-4H3,(H,23,26)/b17-9-. The molecule has 148 valence electrons. The molecule has 4 rings (SSSR count). The summed E-state index contributed by atoms with van der Waals surface area (Å²) < 4.78 is 12.1. The number of carbonyl (C=O) groups excluding carboxylic acids is 1. The highest BCUT2D eigenvalue weighted by molar-refractivity contribution is 6.35. The maximum Gasteiger partial charge on any atom is 0.278 e. The van der Waals surface area contributed by atoms with E-state index in [4.69, 9.17) is 9.47 Å². The number of carbonyl (C=O) groups is 1. The molecule has 0 aliphatic carbocycles. The zero-order valence-corrected chi connectivity index (χ0v) is 16.6. The molecule has 29 heavy (non-hydrogen) atoms. The molecule has 0 unspecified atom stereocenters. The zero-order chi connectivity index (χ0) is 20.7. The summed E-state index contributed by atoms with van der Waals surface area (Å²) in [5, 5.41) is 5.90. The molecule has 3 aromatic rings. The van der Waals surface area contributed by atoms with Crippen molar-refractivity contribution in [3.05, 3.63) is 69.1 Å². The molecule has 2 N–H and O–H groups in total. The van der Waals surface area contributed by atoms with Crippen LogP contribution < -0.4 is 20.3 Å². The number of ether oxygens (including phenoxy) is 2. The lowest BCUT2D eigenvalue weighted by Gasteiger charge is -2.09. The fourth-order valence-electron chi connectivity index (χ4n) is 3.41. The van der Waals surface area contributed by atoms with E-state index in [2.05, 4.69) is 10.4 Å². The van der Waals surface area contributed by atoms with E-state index in [0.717, 1.165) is 11.3 Å². The summed E-state index contributed by atoms with van der Waals surface area (Å²) >= 11 is 0. The van der Waals surface area contributed by atoms with Gasteiger partial charge in [0.15, 0.2) is 11.5 Å². The van der Waals surface area contributed by atoms with Gasteiger partial charge in [0.2, 0.25) is 0 Å². The first-order valence-corrected chi connectivity index (χ1v) is 9.11. The van der Waals surface area contributed by atoms with Gasteiger partial charge in [0.05, 0.1) is 31.2 Å². The third-order valence-corrected chi connectivity index (χ3v) is 5.00. The number of amides is 1.